The highest BCUT2D eigenvalue weighted by Crippen LogP contribution is 2.19. The molecule has 3 heteroatoms. The molecule has 0 spiro atoms. The average Bonchev–Trinajstić information content (AvgIpc) is 2.78. The molecule has 0 saturated carbocycles. The standard InChI is InChI=1S/C13H26N2O/c1-3-15(10-13-5-4-8-16-13)12-6-7-14-11(2)9-12/h11-14H,3-10H2,1-2H3. The van der Waals surface area contributed by atoms with E-state index in [0.717, 1.165) is 25.7 Å². The quantitative estimate of drug-likeness (QED) is 0.788. The molecule has 0 radical (unpaired) electrons. The second kappa shape index (κ2) is 5.99. The average molecular weight is 226 g/mol. The van der Waals surface area contributed by atoms with E-state index in [1.165, 1.54) is 32.2 Å². The molecule has 2 saturated heterocycles. The molecule has 1 N–H and O–H groups in total. The summed E-state index contributed by atoms with van der Waals surface area (Å²) in [6.07, 6.45) is 5.61. The monoisotopic (exact) mass is 226 g/mol. The molecule has 0 aromatic carbocycles. The van der Waals surface area contributed by atoms with Crippen LogP contribution in [0.15, 0.2) is 0 Å². The van der Waals surface area contributed by atoms with Crippen LogP contribution >= 0.6 is 0 Å². The van der Waals surface area contributed by atoms with Crippen molar-refractivity contribution in [3.63, 3.8) is 0 Å². The first kappa shape index (κ1) is 12.3. The van der Waals surface area contributed by atoms with Crippen LogP contribution in [0.5, 0.6) is 0 Å². The van der Waals surface area contributed by atoms with Gasteiger partial charge in [-0.3, -0.25) is 4.90 Å². The molecule has 0 bridgehead atoms. The van der Waals surface area contributed by atoms with E-state index in [2.05, 4.69) is 24.1 Å². The smallest absolute Gasteiger partial charge is 0.0702 e. The van der Waals surface area contributed by atoms with Gasteiger partial charge in [-0.2, -0.15) is 0 Å². The van der Waals surface area contributed by atoms with Gasteiger partial charge in [0.15, 0.2) is 0 Å². The largest absolute Gasteiger partial charge is 0.377 e. The summed E-state index contributed by atoms with van der Waals surface area (Å²) in [6.45, 7) is 9.04. The maximum atomic E-state index is 5.75. The Morgan fingerprint density at radius 2 is 2.25 bits per heavy atom. The van der Waals surface area contributed by atoms with E-state index in [-0.39, 0.29) is 0 Å². The molecule has 2 fully saturated rings. The van der Waals surface area contributed by atoms with Gasteiger partial charge in [0.2, 0.25) is 0 Å². The second-order valence-electron chi connectivity index (χ2n) is 5.26. The Morgan fingerprint density at radius 3 is 2.88 bits per heavy atom. The minimum atomic E-state index is 0.505. The van der Waals surface area contributed by atoms with Crippen LogP contribution in [-0.4, -0.2) is 49.3 Å². The van der Waals surface area contributed by atoms with Crippen molar-refractivity contribution in [3.8, 4) is 0 Å². The predicted molar refractivity (Wildman–Crippen MR) is 66.7 cm³/mol. The lowest BCUT2D eigenvalue weighted by molar-refractivity contribution is 0.0493. The maximum absolute atomic E-state index is 5.75. The van der Waals surface area contributed by atoms with Crippen LogP contribution in [0.1, 0.15) is 39.5 Å². The lowest BCUT2D eigenvalue weighted by atomic mass is 9.98. The van der Waals surface area contributed by atoms with Crippen LogP contribution in [0, 0.1) is 0 Å². The van der Waals surface area contributed by atoms with Gasteiger partial charge in [0.25, 0.3) is 0 Å². The Hall–Kier alpha value is -0.120. The van der Waals surface area contributed by atoms with Crippen molar-refractivity contribution in [1.29, 1.82) is 0 Å². The topological polar surface area (TPSA) is 24.5 Å². The summed E-state index contributed by atoms with van der Waals surface area (Å²) in [5, 5.41) is 3.53. The number of hydrogen-bond acceptors (Lipinski definition) is 3. The van der Waals surface area contributed by atoms with Crippen LogP contribution in [0.2, 0.25) is 0 Å². The first-order chi connectivity index (χ1) is 7.79. The number of piperidine rings is 1. The van der Waals surface area contributed by atoms with E-state index in [4.69, 9.17) is 4.74 Å². The first-order valence-electron chi connectivity index (χ1n) is 6.88. The predicted octanol–water partition coefficient (Wildman–Crippen LogP) is 1.63. The highest BCUT2D eigenvalue weighted by molar-refractivity contribution is 4.83. The van der Waals surface area contributed by atoms with Gasteiger partial charge >= 0.3 is 0 Å². The summed E-state index contributed by atoms with van der Waals surface area (Å²) < 4.78 is 5.75. The van der Waals surface area contributed by atoms with Gasteiger partial charge in [-0.25, -0.2) is 0 Å². The summed E-state index contributed by atoms with van der Waals surface area (Å²) in [5.74, 6) is 0. The summed E-state index contributed by atoms with van der Waals surface area (Å²) in [6, 6.07) is 1.45. The van der Waals surface area contributed by atoms with E-state index in [1.54, 1.807) is 0 Å². The van der Waals surface area contributed by atoms with Gasteiger partial charge in [0.1, 0.15) is 0 Å². The first-order valence-corrected chi connectivity index (χ1v) is 6.88. The minimum Gasteiger partial charge on any atom is -0.377 e. The normalized spacial score (nSPS) is 35.8. The zero-order valence-corrected chi connectivity index (χ0v) is 10.7. The molecule has 3 unspecified atom stereocenters. The van der Waals surface area contributed by atoms with Crippen molar-refractivity contribution in [1.82, 2.24) is 10.2 Å². The Kier molecular flexibility index (Phi) is 4.62. The fourth-order valence-electron chi connectivity index (χ4n) is 3.02. The number of nitrogens with one attached hydrogen (secondary N) is 1. The van der Waals surface area contributed by atoms with Crippen molar-refractivity contribution in [2.75, 3.05) is 26.2 Å². The minimum absolute atomic E-state index is 0.505. The van der Waals surface area contributed by atoms with Gasteiger partial charge < -0.3 is 10.1 Å². The molecule has 94 valence electrons. The molecule has 3 nitrogen and oxygen atoms in total. The molecule has 2 aliphatic heterocycles. The van der Waals surface area contributed by atoms with E-state index < -0.39 is 0 Å². The van der Waals surface area contributed by atoms with Crippen molar-refractivity contribution in [2.24, 2.45) is 0 Å². The zero-order chi connectivity index (χ0) is 11.4. The molecule has 0 aliphatic carbocycles. The number of nitrogens with zero attached hydrogens (tertiary/aromatic N) is 1. The third-order valence-corrected chi connectivity index (χ3v) is 3.98. The third kappa shape index (κ3) is 3.19. The van der Waals surface area contributed by atoms with Gasteiger partial charge in [-0.1, -0.05) is 6.92 Å². The van der Waals surface area contributed by atoms with Gasteiger partial charge in [-0.05, 0) is 45.7 Å². The van der Waals surface area contributed by atoms with Gasteiger partial charge in [0.05, 0.1) is 6.10 Å². The molecule has 2 aliphatic rings. The molecular weight excluding hydrogens is 200 g/mol. The maximum Gasteiger partial charge on any atom is 0.0702 e. The van der Waals surface area contributed by atoms with E-state index in [0.29, 0.717) is 12.1 Å². The SMILES string of the molecule is CCN(CC1CCCO1)C1CCNC(C)C1. The summed E-state index contributed by atoms with van der Waals surface area (Å²) in [5.41, 5.74) is 0. The van der Waals surface area contributed by atoms with Crippen molar-refractivity contribution in [3.05, 3.63) is 0 Å². The van der Waals surface area contributed by atoms with E-state index in [1.807, 2.05) is 0 Å². The number of ether oxygens (including phenoxy) is 1. The van der Waals surface area contributed by atoms with Crippen LogP contribution in [0.4, 0.5) is 0 Å². The third-order valence-electron chi connectivity index (χ3n) is 3.98. The van der Waals surface area contributed by atoms with E-state index >= 15 is 0 Å². The number of rotatable bonds is 4. The summed E-state index contributed by atoms with van der Waals surface area (Å²) in [7, 11) is 0. The Bertz CT molecular complexity index is 204. The Morgan fingerprint density at radius 1 is 1.38 bits per heavy atom. The summed E-state index contributed by atoms with van der Waals surface area (Å²) in [4.78, 5) is 2.63. The molecule has 0 aromatic heterocycles. The van der Waals surface area contributed by atoms with Crippen molar-refractivity contribution < 1.29 is 4.74 Å². The lowest BCUT2D eigenvalue weighted by Gasteiger charge is -2.37. The van der Waals surface area contributed by atoms with Crippen LogP contribution in [0.25, 0.3) is 0 Å². The molecule has 2 rings (SSSR count). The van der Waals surface area contributed by atoms with Crippen molar-refractivity contribution >= 4 is 0 Å². The summed E-state index contributed by atoms with van der Waals surface area (Å²) >= 11 is 0. The molecule has 16 heavy (non-hydrogen) atoms. The second-order valence-corrected chi connectivity index (χ2v) is 5.26. The number of hydrogen-bond donors (Lipinski definition) is 1. The van der Waals surface area contributed by atoms with Gasteiger partial charge in [-0.15, -0.1) is 0 Å². The molecule has 0 aromatic rings. The zero-order valence-electron chi connectivity index (χ0n) is 10.7. The Labute approximate surface area is 99.5 Å². The highest BCUT2D eigenvalue weighted by Gasteiger charge is 2.26. The fraction of sp³-hybridized carbons (Fsp3) is 1.00. The van der Waals surface area contributed by atoms with Crippen LogP contribution < -0.4 is 5.32 Å². The molecule has 0 amide bonds. The lowest BCUT2D eigenvalue weighted by Crippen LogP contribution is -2.48. The van der Waals surface area contributed by atoms with Gasteiger partial charge in [0, 0.05) is 25.2 Å². The number of likely N-dealkylation sites (N-methyl/N-ethyl adjacent to an activating group) is 1. The highest BCUT2D eigenvalue weighted by atomic mass is 16.5. The van der Waals surface area contributed by atoms with Crippen LogP contribution in [-0.2, 0) is 4.74 Å². The molecule has 3 atom stereocenters. The van der Waals surface area contributed by atoms with E-state index in [9.17, 15) is 0 Å². The molecular formula is C13H26N2O. The Balaban J connectivity index is 1.82. The fourth-order valence-corrected chi connectivity index (χ4v) is 3.02. The molecule has 2 heterocycles. The van der Waals surface area contributed by atoms with Crippen LogP contribution in [0.3, 0.4) is 0 Å². The van der Waals surface area contributed by atoms with Crippen molar-refractivity contribution in [2.45, 2.75) is 57.7 Å².